The second-order valence-corrected chi connectivity index (χ2v) is 5.82. The van der Waals surface area contributed by atoms with Gasteiger partial charge in [0.05, 0.1) is 22.5 Å². The summed E-state index contributed by atoms with van der Waals surface area (Å²) in [7, 11) is -0.408. The maximum atomic E-state index is 5.97. The first kappa shape index (κ1) is 13.3. The van der Waals surface area contributed by atoms with Gasteiger partial charge >= 0.3 is 7.12 Å². The van der Waals surface area contributed by atoms with Crippen LogP contribution < -0.4 is 5.59 Å². The second-order valence-electron chi connectivity index (χ2n) is 5.82. The van der Waals surface area contributed by atoms with E-state index in [-0.39, 0.29) is 11.2 Å². The van der Waals surface area contributed by atoms with Crippen LogP contribution in [0.1, 0.15) is 40.3 Å². The summed E-state index contributed by atoms with van der Waals surface area (Å²) >= 11 is 0. The van der Waals surface area contributed by atoms with Crippen LogP contribution in [-0.4, -0.2) is 23.3 Å². The van der Waals surface area contributed by atoms with Crippen molar-refractivity contribution in [3.05, 3.63) is 30.5 Å². The van der Waals surface area contributed by atoms with Gasteiger partial charge in [-0.2, -0.15) is 0 Å². The van der Waals surface area contributed by atoms with Crippen LogP contribution >= 0.6 is 0 Å². The molecule has 2 heterocycles. The fourth-order valence-corrected chi connectivity index (χ4v) is 1.78. The van der Waals surface area contributed by atoms with Crippen molar-refractivity contribution >= 4 is 18.3 Å². The minimum absolute atomic E-state index is 0.335. The van der Waals surface area contributed by atoms with Crippen molar-refractivity contribution in [1.29, 1.82) is 0 Å². The van der Waals surface area contributed by atoms with Gasteiger partial charge in [-0.05, 0) is 52.3 Å². The van der Waals surface area contributed by atoms with E-state index in [4.69, 9.17) is 9.31 Å². The monoisotopic (exact) mass is 245 g/mol. The Labute approximate surface area is 109 Å². The van der Waals surface area contributed by atoms with Crippen LogP contribution in [-0.2, 0) is 9.31 Å². The van der Waals surface area contributed by atoms with E-state index >= 15 is 0 Å². The van der Waals surface area contributed by atoms with Gasteiger partial charge in [0.1, 0.15) is 0 Å². The SMILES string of the molecule is C=C(C)c1cccc(B2OC(C)(C)C(C)(C)O2)n1. The van der Waals surface area contributed by atoms with Gasteiger partial charge in [0.15, 0.2) is 0 Å². The molecule has 0 aromatic carbocycles. The first-order valence-electron chi connectivity index (χ1n) is 6.21. The fourth-order valence-electron chi connectivity index (χ4n) is 1.78. The largest absolute Gasteiger partial charge is 0.514 e. The Hall–Kier alpha value is -1.13. The summed E-state index contributed by atoms with van der Waals surface area (Å²) in [6, 6.07) is 5.82. The smallest absolute Gasteiger partial charge is 0.398 e. The zero-order valence-corrected chi connectivity index (χ0v) is 11.8. The fraction of sp³-hybridized carbons (Fsp3) is 0.500. The molecule has 1 saturated heterocycles. The van der Waals surface area contributed by atoms with Gasteiger partial charge in [-0.3, -0.25) is 4.98 Å². The Kier molecular flexibility index (Phi) is 3.12. The normalized spacial score (nSPS) is 21.1. The van der Waals surface area contributed by atoms with E-state index in [1.807, 2.05) is 52.8 Å². The molecule has 0 saturated carbocycles. The molecule has 96 valence electrons. The van der Waals surface area contributed by atoms with Crippen LogP contribution in [0.5, 0.6) is 0 Å². The Morgan fingerprint density at radius 1 is 1.17 bits per heavy atom. The quantitative estimate of drug-likeness (QED) is 0.750. The summed E-state index contributed by atoms with van der Waals surface area (Å²) in [5.74, 6) is 0. The number of hydrogen-bond donors (Lipinski definition) is 0. The Morgan fingerprint density at radius 3 is 2.22 bits per heavy atom. The van der Waals surface area contributed by atoms with Gasteiger partial charge in [0.25, 0.3) is 0 Å². The van der Waals surface area contributed by atoms with Crippen molar-refractivity contribution < 1.29 is 9.31 Å². The predicted octanol–water partition coefficient (Wildman–Crippen LogP) is 2.41. The van der Waals surface area contributed by atoms with Crippen LogP contribution in [0, 0.1) is 0 Å². The third kappa shape index (κ3) is 2.23. The van der Waals surface area contributed by atoms with Crippen molar-refractivity contribution in [1.82, 2.24) is 4.98 Å². The molecule has 0 N–H and O–H groups in total. The highest BCUT2D eigenvalue weighted by molar-refractivity contribution is 6.61. The van der Waals surface area contributed by atoms with Crippen LogP contribution in [0.15, 0.2) is 24.8 Å². The predicted molar refractivity (Wildman–Crippen MR) is 74.7 cm³/mol. The number of pyridine rings is 1. The standard InChI is InChI=1S/C14H20BNO2/c1-10(2)11-8-7-9-12(16-11)15-17-13(3,4)14(5,6)18-15/h7-9H,1H2,2-6H3. The zero-order valence-electron chi connectivity index (χ0n) is 11.8. The lowest BCUT2D eigenvalue weighted by molar-refractivity contribution is 0.00578. The van der Waals surface area contributed by atoms with Crippen LogP contribution in [0.2, 0.25) is 0 Å². The molecule has 4 heteroatoms. The molecule has 0 amide bonds. The van der Waals surface area contributed by atoms with E-state index < -0.39 is 7.12 Å². The number of aromatic nitrogens is 1. The summed E-state index contributed by atoms with van der Waals surface area (Å²) in [6.07, 6.45) is 0. The molecule has 0 bridgehead atoms. The lowest BCUT2D eigenvalue weighted by Crippen LogP contribution is -2.41. The lowest BCUT2D eigenvalue weighted by atomic mass is 9.84. The van der Waals surface area contributed by atoms with Crippen LogP contribution in [0.25, 0.3) is 5.57 Å². The Bertz CT molecular complexity index is 466. The van der Waals surface area contributed by atoms with Gasteiger partial charge in [-0.1, -0.05) is 12.6 Å². The molecule has 0 aliphatic carbocycles. The van der Waals surface area contributed by atoms with E-state index in [1.54, 1.807) is 0 Å². The molecule has 0 atom stereocenters. The molecule has 0 spiro atoms. The van der Waals surface area contributed by atoms with E-state index in [0.29, 0.717) is 0 Å². The summed E-state index contributed by atoms with van der Waals surface area (Å²) in [6.45, 7) is 14.0. The van der Waals surface area contributed by atoms with Crippen LogP contribution in [0.4, 0.5) is 0 Å². The highest BCUT2D eigenvalue weighted by Crippen LogP contribution is 2.36. The summed E-state index contributed by atoms with van der Waals surface area (Å²) in [4.78, 5) is 4.54. The van der Waals surface area contributed by atoms with Gasteiger partial charge in [0, 0.05) is 0 Å². The molecule has 1 aliphatic heterocycles. The van der Waals surface area contributed by atoms with E-state index in [9.17, 15) is 0 Å². The van der Waals surface area contributed by atoms with Crippen molar-refractivity contribution in [2.45, 2.75) is 45.8 Å². The molecule has 2 rings (SSSR count). The molecular weight excluding hydrogens is 225 g/mol. The maximum absolute atomic E-state index is 5.97. The summed E-state index contributed by atoms with van der Waals surface area (Å²) < 4.78 is 11.9. The highest BCUT2D eigenvalue weighted by atomic mass is 16.7. The minimum Gasteiger partial charge on any atom is -0.398 e. The molecule has 0 radical (unpaired) electrons. The van der Waals surface area contributed by atoms with Crippen molar-refractivity contribution in [2.24, 2.45) is 0 Å². The highest BCUT2D eigenvalue weighted by Gasteiger charge is 2.52. The number of hydrogen-bond acceptors (Lipinski definition) is 3. The number of allylic oxidation sites excluding steroid dienone is 1. The first-order valence-corrected chi connectivity index (χ1v) is 6.21. The van der Waals surface area contributed by atoms with Gasteiger partial charge in [-0.15, -0.1) is 0 Å². The van der Waals surface area contributed by atoms with Crippen molar-refractivity contribution in [3.63, 3.8) is 0 Å². The van der Waals surface area contributed by atoms with E-state index in [0.717, 1.165) is 16.9 Å². The molecule has 1 fully saturated rings. The molecule has 1 aromatic heterocycles. The minimum atomic E-state index is -0.408. The molecular formula is C14H20BNO2. The molecule has 1 aromatic rings. The Balaban J connectivity index is 2.30. The zero-order chi connectivity index (χ0) is 13.6. The topological polar surface area (TPSA) is 31.4 Å². The third-order valence-corrected chi connectivity index (χ3v) is 3.70. The van der Waals surface area contributed by atoms with Gasteiger partial charge in [-0.25, -0.2) is 0 Å². The van der Waals surface area contributed by atoms with Gasteiger partial charge in [0.2, 0.25) is 0 Å². The van der Waals surface area contributed by atoms with E-state index in [1.165, 1.54) is 0 Å². The second kappa shape index (κ2) is 4.21. The van der Waals surface area contributed by atoms with Crippen molar-refractivity contribution in [3.8, 4) is 0 Å². The molecule has 3 nitrogen and oxygen atoms in total. The van der Waals surface area contributed by atoms with Crippen molar-refractivity contribution in [2.75, 3.05) is 0 Å². The maximum Gasteiger partial charge on any atom is 0.514 e. The third-order valence-electron chi connectivity index (χ3n) is 3.70. The van der Waals surface area contributed by atoms with E-state index in [2.05, 4.69) is 11.6 Å². The summed E-state index contributed by atoms with van der Waals surface area (Å²) in [5, 5.41) is 0. The van der Waals surface area contributed by atoms with Gasteiger partial charge < -0.3 is 9.31 Å². The van der Waals surface area contributed by atoms with Crippen LogP contribution in [0.3, 0.4) is 0 Å². The number of nitrogens with zero attached hydrogens (tertiary/aromatic N) is 1. The average molecular weight is 245 g/mol. The first-order chi connectivity index (χ1) is 8.23. The lowest BCUT2D eigenvalue weighted by Gasteiger charge is -2.32. The molecule has 18 heavy (non-hydrogen) atoms. The average Bonchev–Trinajstić information content (AvgIpc) is 2.48. The number of rotatable bonds is 2. The Morgan fingerprint density at radius 2 is 1.72 bits per heavy atom. The summed E-state index contributed by atoms with van der Waals surface area (Å²) in [5.41, 5.74) is 1.95. The molecule has 1 aliphatic rings. The molecule has 0 unspecified atom stereocenters.